The molecule has 6 nitrogen and oxygen atoms in total. The molecule has 2 atom stereocenters. The second-order valence-electron chi connectivity index (χ2n) is 1.99. The van der Waals surface area contributed by atoms with Crippen molar-refractivity contribution < 1.29 is 24.2 Å². The number of hydrogen-bond donors (Lipinski definition) is 4. The van der Waals surface area contributed by atoms with E-state index in [1.54, 1.807) is 0 Å². The van der Waals surface area contributed by atoms with Gasteiger partial charge in [-0.25, -0.2) is 0 Å². The van der Waals surface area contributed by atoms with Crippen LogP contribution < -0.4 is 5.73 Å². The van der Waals surface area contributed by atoms with E-state index in [1.807, 2.05) is 0 Å². The summed E-state index contributed by atoms with van der Waals surface area (Å²) in [5, 5.41) is 17.1. The summed E-state index contributed by atoms with van der Waals surface area (Å²) >= 11 is 0. The Morgan fingerprint density at radius 2 is 2.08 bits per heavy atom. The number of aliphatic hydroxyl groups is 2. The van der Waals surface area contributed by atoms with Crippen LogP contribution in [0.3, 0.4) is 0 Å². The minimum absolute atomic E-state index is 0.150. The molecule has 12 heavy (non-hydrogen) atoms. The first-order chi connectivity index (χ1) is 5.70. The Balaban J connectivity index is 3.24. The molecule has 0 aromatic rings. The third kappa shape index (κ3) is 6.87. The van der Waals surface area contributed by atoms with Crippen LogP contribution in [0.5, 0.6) is 0 Å². The summed E-state index contributed by atoms with van der Waals surface area (Å²) in [5.74, 6) is 0. The third-order valence-corrected chi connectivity index (χ3v) is 1.68. The van der Waals surface area contributed by atoms with Crippen LogP contribution in [0, 0.1) is 0 Å². The summed E-state index contributed by atoms with van der Waals surface area (Å²) in [5.41, 5.74) is 5.09. The summed E-state index contributed by atoms with van der Waals surface area (Å²) in [6.45, 7) is -0.0495. The summed E-state index contributed by atoms with van der Waals surface area (Å²) < 4.78 is 9.30. The molecule has 0 amide bonds. The van der Waals surface area contributed by atoms with Crippen LogP contribution in [0.25, 0.3) is 0 Å². The molecule has 0 aromatic heterocycles. The monoisotopic (exact) mass is 199 g/mol. The third-order valence-electron chi connectivity index (χ3n) is 0.908. The Morgan fingerprint density at radius 3 is 2.58 bits per heavy atom. The van der Waals surface area contributed by atoms with E-state index in [0.717, 1.165) is 0 Å². The number of nitrogens with two attached hydrogens (primary N) is 1. The second-order valence-corrected chi connectivity index (χ2v) is 2.98. The molecule has 0 rings (SSSR count). The maximum Gasteiger partial charge on any atom is 0.329 e. The van der Waals surface area contributed by atoms with Gasteiger partial charge < -0.3 is 29.9 Å². The topological polar surface area (TPSA) is 105 Å². The first-order valence-electron chi connectivity index (χ1n) is 3.44. The van der Waals surface area contributed by atoms with Gasteiger partial charge in [-0.05, 0) is 0 Å². The zero-order valence-corrected chi connectivity index (χ0v) is 7.48. The molecule has 0 aliphatic rings. The predicted octanol–water partition coefficient (Wildman–Crippen LogP) is -1.45. The summed E-state index contributed by atoms with van der Waals surface area (Å²) in [6, 6.07) is 0. The Kier molecular flexibility index (Phi) is 7.94. The van der Waals surface area contributed by atoms with Crippen LogP contribution in [0.1, 0.15) is 0 Å². The van der Waals surface area contributed by atoms with Crippen molar-refractivity contribution in [3.8, 4) is 0 Å². The fourth-order valence-electron chi connectivity index (χ4n) is 0.371. The molecule has 0 aliphatic carbocycles. The van der Waals surface area contributed by atoms with E-state index in [0.29, 0.717) is 6.54 Å². The van der Waals surface area contributed by atoms with Gasteiger partial charge in [0, 0.05) is 6.54 Å². The Hall–Kier alpha value is 0.190. The van der Waals surface area contributed by atoms with Gasteiger partial charge in [0.1, 0.15) is 6.10 Å². The standard InChI is InChI=1S/C5H14NO5P/c6-1-2-10-12(9)11-4-5(8)3-7/h5,7-9H,1-4,6H2. The van der Waals surface area contributed by atoms with Crippen molar-refractivity contribution in [2.75, 3.05) is 26.4 Å². The highest BCUT2D eigenvalue weighted by Gasteiger charge is 2.09. The lowest BCUT2D eigenvalue weighted by molar-refractivity contribution is 0.0460. The molecule has 0 spiro atoms. The highest BCUT2D eigenvalue weighted by molar-refractivity contribution is 7.40. The first-order valence-corrected chi connectivity index (χ1v) is 4.57. The number of aliphatic hydroxyl groups excluding tert-OH is 2. The van der Waals surface area contributed by atoms with E-state index in [2.05, 4.69) is 9.05 Å². The Bertz CT molecular complexity index is 106. The van der Waals surface area contributed by atoms with Crippen molar-refractivity contribution in [3.63, 3.8) is 0 Å². The number of hydrogen-bond acceptors (Lipinski definition) is 6. The summed E-state index contributed by atoms with van der Waals surface area (Å²) in [6.07, 6.45) is -0.983. The van der Waals surface area contributed by atoms with Crippen LogP contribution in [-0.2, 0) is 9.05 Å². The van der Waals surface area contributed by atoms with Crippen molar-refractivity contribution in [2.45, 2.75) is 6.10 Å². The predicted molar refractivity (Wildman–Crippen MR) is 43.2 cm³/mol. The van der Waals surface area contributed by atoms with E-state index < -0.39 is 21.3 Å². The minimum Gasteiger partial charge on any atom is -0.394 e. The van der Waals surface area contributed by atoms with Gasteiger partial charge in [-0.1, -0.05) is 0 Å². The van der Waals surface area contributed by atoms with Gasteiger partial charge in [-0.3, -0.25) is 0 Å². The molecule has 0 radical (unpaired) electrons. The normalized spacial score (nSPS) is 16.0. The average Bonchev–Trinajstić information content (AvgIpc) is 2.10. The van der Waals surface area contributed by atoms with E-state index in [9.17, 15) is 0 Å². The SMILES string of the molecule is NCCOP(O)OCC(O)CO. The maximum atomic E-state index is 8.90. The van der Waals surface area contributed by atoms with Gasteiger partial charge in [0.15, 0.2) is 0 Å². The molecular weight excluding hydrogens is 185 g/mol. The van der Waals surface area contributed by atoms with Gasteiger partial charge >= 0.3 is 8.60 Å². The lowest BCUT2D eigenvalue weighted by Gasteiger charge is -2.11. The van der Waals surface area contributed by atoms with Crippen LogP contribution in [0.2, 0.25) is 0 Å². The molecule has 0 heterocycles. The maximum absolute atomic E-state index is 8.90. The molecular formula is C5H14NO5P. The van der Waals surface area contributed by atoms with E-state index >= 15 is 0 Å². The molecule has 5 N–H and O–H groups in total. The molecule has 0 saturated carbocycles. The molecule has 2 unspecified atom stereocenters. The smallest absolute Gasteiger partial charge is 0.329 e. The van der Waals surface area contributed by atoms with Crippen molar-refractivity contribution in [1.82, 2.24) is 0 Å². The minimum atomic E-state index is -1.98. The molecule has 0 bridgehead atoms. The fourth-order valence-corrected chi connectivity index (χ4v) is 1.01. The molecule has 0 saturated heterocycles. The van der Waals surface area contributed by atoms with Gasteiger partial charge in [0.05, 0.1) is 19.8 Å². The zero-order chi connectivity index (χ0) is 9.40. The average molecular weight is 199 g/mol. The highest BCUT2D eigenvalue weighted by Crippen LogP contribution is 2.32. The van der Waals surface area contributed by atoms with Crippen molar-refractivity contribution >= 4 is 8.60 Å². The number of rotatable bonds is 7. The van der Waals surface area contributed by atoms with Gasteiger partial charge in [-0.15, -0.1) is 0 Å². The van der Waals surface area contributed by atoms with Crippen LogP contribution >= 0.6 is 8.60 Å². The van der Waals surface area contributed by atoms with Crippen LogP contribution in [0.15, 0.2) is 0 Å². The van der Waals surface area contributed by atoms with Gasteiger partial charge in [0.2, 0.25) is 0 Å². The molecule has 0 aromatic carbocycles. The van der Waals surface area contributed by atoms with Crippen molar-refractivity contribution in [3.05, 3.63) is 0 Å². The first kappa shape index (κ1) is 12.2. The summed E-state index contributed by atoms with van der Waals surface area (Å²) in [4.78, 5) is 8.90. The van der Waals surface area contributed by atoms with Gasteiger partial charge in [-0.2, -0.15) is 0 Å². The zero-order valence-electron chi connectivity index (χ0n) is 6.59. The lowest BCUT2D eigenvalue weighted by Crippen LogP contribution is -2.18. The Morgan fingerprint density at radius 1 is 1.42 bits per heavy atom. The molecule has 0 fully saturated rings. The van der Waals surface area contributed by atoms with Crippen LogP contribution in [0.4, 0.5) is 0 Å². The fraction of sp³-hybridized carbons (Fsp3) is 1.00. The molecule has 0 aliphatic heterocycles. The summed E-state index contributed by atoms with van der Waals surface area (Å²) in [7, 11) is -1.98. The van der Waals surface area contributed by atoms with Crippen molar-refractivity contribution in [2.24, 2.45) is 5.73 Å². The quantitative estimate of drug-likeness (QED) is 0.374. The lowest BCUT2D eigenvalue weighted by atomic mass is 10.4. The molecule has 7 heteroatoms. The van der Waals surface area contributed by atoms with E-state index in [4.69, 9.17) is 20.8 Å². The van der Waals surface area contributed by atoms with E-state index in [-0.39, 0.29) is 13.2 Å². The highest BCUT2D eigenvalue weighted by atomic mass is 31.2. The van der Waals surface area contributed by atoms with Gasteiger partial charge in [0.25, 0.3) is 0 Å². The van der Waals surface area contributed by atoms with Crippen LogP contribution in [-0.4, -0.2) is 47.6 Å². The van der Waals surface area contributed by atoms with Crippen molar-refractivity contribution in [1.29, 1.82) is 0 Å². The van der Waals surface area contributed by atoms with E-state index in [1.165, 1.54) is 0 Å². The molecule has 74 valence electrons. The second kappa shape index (κ2) is 7.82. The Labute approximate surface area is 71.9 Å². The largest absolute Gasteiger partial charge is 0.394 e.